The van der Waals surface area contributed by atoms with Gasteiger partial charge in [0.05, 0.1) is 19.1 Å². The quantitative estimate of drug-likeness (QED) is 0.646. The van der Waals surface area contributed by atoms with Crippen LogP contribution in [0.1, 0.15) is 15.2 Å². The van der Waals surface area contributed by atoms with Crippen molar-refractivity contribution in [3.63, 3.8) is 0 Å². The van der Waals surface area contributed by atoms with Gasteiger partial charge in [-0.2, -0.15) is 0 Å². The molecule has 134 valence electrons. The lowest BCUT2D eigenvalue weighted by molar-refractivity contribution is 0.0954. The fraction of sp³-hybridized carbons (Fsp3) is 0.150. The number of carbonyl (C=O) groups is 1. The van der Waals surface area contributed by atoms with E-state index in [2.05, 4.69) is 5.32 Å². The number of hydrogen-bond donors (Lipinski definition) is 1. The molecule has 6 heteroatoms. The first kappa shape index (κ1) is 18.3. The highest BCUT2D eigenvalue weighted by molar-refractivity contribution is 7.17. The van der Waals surface area contributed by atoms with Crippen molar-refractivity contribution in [1.29, 1.82) is 0 Å². The first-order valence-corrected chi connectivity index (χ1v) is 9.15. The molecule has 0 radical (unpaired) electrons. The number of benzene rings is 2. The molecule has 0 aliphatic heterocycles. The molecular formula is C20H18ClNO3S. The Morgan fingerprint density at radius 2 is 1.92 bits per heavy atom. The smallest absolute Gasteiger partial charge is 0.261 e. The number of halogens is 1. The maximum absolute atomic E-state index is 12.5. The van der Waals surface area contributed by atoms with Crippen LogP contribution in [0.15, 0.2) is 54.6 Å². The van der Waals surface area contributed by atoms with Crippen molar-refractivity contribution in [3.8, 4) is 21.9 Å². The second-order valence-electron chi connectivity index (χ2n) is 5.53. The molecule has 0 aliphatic carbocycles. The summed E-state index contributed by atoms with van der Waals surface area (Å²) in [5.41, 5.74) is 1.88. The topological polar surface area (TPSA) is 47.6 Å². The van der Waals surface area contributed by atoms with Gasteiger partial charge in [-0.3, -0.25) is 4.79 Å². The van der Waals surface area contributed by atoms with Crippen molar-refractivity contribution < 1.29 is 14.3 Å². The third-order valence-electron chi connectivity index (χ3n) is 3.87. The average Bonchev–Trinajstić information content (AvgIpc) is 3.16. The van der Waals surface area contributed by atoms with Crippen LogP contribution >= 0.6 is 22.9 Å². The minimum atomic E-state index is -0.124. The molecule has 3 rings (SSSR count). The van der Waals surface area contributed by atoms with Crippen LogP contribution in [0.3, 0.4) is 0 Å². The highest BCUT2D eigenvalue weighted by Gasteiger charge is 2.12. The molecule has 2 aromatic carbocycles. The standard InChI is InChI=1S/C20H18ClNO3S/c1-24-16-7-6-14(17(11-16)25-2)12-22-20(23)19-9-8-18(26-19)13-4-3-5-15(21)10-13/h3-11H,12H2,1-2H3,(H,22,23). The third-order valence-corrected chi connectivity index (χ3v) is 5.24. The van der Waals surface area contributed by atoms with Gasteiger partial charge in [-0.1, -0.05) is 23.7 Å². The van der Waals surface area contributed by atoms with E-state index in [0.29, 0.717) is 27.9 Å². The molecule has 0 saturated carbocycles. The van der Waals surface area contributed by atoms with Crippen molar-refractivity contribution in [2.45, 2.75) is 6.54 Å². The van der Waals surface area contributed by atoms with E-state index < -0.39 is 0 Å². The molecule has 0 atom stereocenters. The molecule has 1 heterocycles. The fourth-order valence-electron chi connectivity index (χ4n) is 2.52. The predicted octanol–water partition coefficient (Wildman–Crippen LogP) is 5.02. The van der Waals surface area contributed by atoms with E-state index >= 15 is 0 Å². The first-order valence-electron chi connectivity index (χ1n) is 7.95. The normalized spacial score (nSPS) is 10.4. The summed E-state index contributed by atoms with van der Waals surface area (Å²) in [5.74, 6) is 1.26. The van der Waals surface area contributed by atoms with Gasteiger partial charge in [-0.25, -0.2) is 0 Å². The summed E-state index contributed by atoms with van der Waals surface area (Å²) in [6.45, 7) is 0.371. The lowest BCUT2D eigenvalue weighted by atomic mass is 10.2. The van der Waals surface area contributed by atoms with Crippen LogP contribution in [0.2, 0.25) is 5.02 Å². The number of nitrogens with one attached hydrogen (secondary N) is 1. The molecule has 26 heavy (non-hydrogen) atoms. The largest absolute Gasteiger partial charge is 0.497 e. The SMILES string of the molecule is COc1ccc(CNC(=O)c2ccc(-c3cccc(Cl)c3)s2)c(OC)c1. The summed E-state index contributed by atoms with van der Waals surface area (Å²) >= 11 is 7.47. The summed E-state index contributed by atoms with van der Waals surface area (Å²) in [6, 6.07) is 16.8. The van der Waals surface area contributed by atoms with E-state index in [1.807, 2.05) is 48.5 Å². The molecular weight excluding hydrogens is 370 g/mol. The maximum Gasteiger partial charge on any atom is 0.261 e. The molecule has 0 bridgehead atoms. The molecule has 1 amide bonds. The number of hydrogen-bond acceptors (Lipinski definition) is 4. The monoisotopic (exact) mass is 387 g/mol. The van der Waals surface area contributed by atoms with E-state index in [0.717, 1.165) is 16.0 Å². The van der Waals surface area contributed by atoms with Crippen molar-refractivity contribution in [3.05, 3.63) is 70.1 Å². The Hall–Kier alpha value is -2.50. The van der Waals surface area contributed by atoms with Gasteiger partial charge in [-0.15, -0.1) is 11.3 Å². The molecule has 0 unspecified atom stereocenters. The average molecular weight is 388 g/mol. The van der Waals surface area contributed by atoms with Crippen LogP contribution in [-0.4, -0.2) is 20.1 Å². The van der Waals surface area contributed by atoms with Gasteiger partial charge >= 0.3 is 0 Å². The van der Waals surface area contributed by atoms with Crippen molar-refractivity contribution in [1.82, 2.24) is 5.32 Å². The Balaban J connectivity index is 1.70. The summed E-state index contributed by atoms with van der Waals surface area (Å²) < 4.78 is 10.5. The van der Waals surface area contributed by atoms with Crippen LogP contribution in [-0.2, 0) is 6.54 Å². The zero-order chi connectivity index (χ0) is 18.5. The second kappa shape index (κ2) is 8.25. The number of ether oxygens (including phenoxy) is 2. The van der Waals surface area contributed by atoms with Gasteiger partial charge in [0.2, 0.25) is 0 Å². The van der Waals surface area contributed by atoms with Gasteiger partial charge in [0.15, 0.2) is 0 Å². The van der Waals surface area contributed by atoms with E-state index in [1.165, 1.54) is 11.3 Å². The second-order valence-corrected chi connectivity index (χ2v) is 7.05. The molecule has 0 spiro atoms. The summed E-state index contributed by atoms with van der Waals surface area (Å²) in [6.07, 6.45) is 0. The minimum Gasteiger partial charge on any atom is -0.497 e. The Morgan fingerprint density at radius 1 is 1.08 bits per heavy atom. The van der Waals surface area contributed by atoms with Gasteiger partial charge in [-0.05, 0) is 42.0 Å². The number of methoxy groups -OCH3 is 2. The van der Waals surface area contributed by atoms with E-state index in [-0.39, 0.29) is 5.91 Å². The van der Waals surface area contributed by atoms with Gasteiger partial charge < -0.3 is 14.8 Å². The van der Waals surface area contributed by atoms with Crippen molar-refractivity contribution in [2.75, 3.05) is 14.2 Å². The van der Waals surface area contributed by atoms with Crippen molar-refractivity contribution in [2.24, 2.45) is 0 Å². The first-order chi connectivity index (χ1) is 12.6. The number of amides is 1. The third kappa shape index (κ3) is 4.18. The maximum atomic E-state index is 12.5. The van der Waals surface area contributed by atoms with Crippen LogP contribution < -0.4 is 14.8 Å². The van der Waals surface area contributed by atoms with Gasteiger partial charge in [0, 0.05) is 28.1 Å². The molecule has 0 fully saturated rings. The lowest BCUT2D eigenvalue weighted by Gasteiger charge is -2.11. The highest BCUT2D eigenvalue weighted by atomic mass is 35.5. The summed E-state index contributed by atoms with van der Waals surface area (Å²) in [4.78, 5) is 14.1. The number of rotatable bonds is 6. The molecule has 4 nitrogen and oxygen atoms in total. The summed E-state index contributed by atoms with van der Waals surface area (Å²) in [5, 5.41) is 3.60. The Bertz CT molecular complexity index is 923. The van der Waals surface area contributed by atoms with Crippen LogP contribution in [0.25, 0.3) is 10.4 Å². The zero-order valence-electron chi connectivity index (χ0n) is 14.4. The van der Waals surface area contributed by atoms with E-state index in [4.69, 9.17) is 21.1 Å². The molecule has 1 aromatic heterocycles. The van der Waals surface area contributed by atoms with Crippen LogP contribution in [0.4, 0.5) is 0 Å². The Kier molecular flexibility index (Phi) is 5.81. The molecule has 3 aromatic rings. The van der Waals surface area contributed by atoms with Gasteiger partial charge in [0.25, 0.3) is 5.91 Å². The molecule has 0 saturated heterocycles. The number of thiophene rings is 1. The Labute approximate surface area is 161 Å². The van der Waals surface area contributed by atoms with Crippen LogP contribution in [0.5, 0.6) is 11.5 Å². The number of carbonyl (C=O) groups excluding carboxylic acids is 1. The highest BCUT2D eigenvalue weighted by Crippen LogP contribution is 2.30. The molecule has 1 N–H and O–H groups in total. The summed E-state index contributed by atoms with van der Waals surface area (Å²) in [7, 11) is 3.20. The van der Waals surface area contributed by atoms with Gasteiger partial charge in [0.1, 0.15) is 11.5 Å². The lowest BCUT2D eigenvalue weighted by Crippen LogP contribution is -2.22. The fourth-order valence-corrected chi connectivity index (χ4v) is 3.63. The minimum absolute atomic E-state index is 0.124. The van der Waals surface area contributed by atoms with E-state index in [9.17, 15) is 4.79 Å². The van der Waals surface area contributed by atoms with E-state index in [1.54, 1.807) is 20.3 Å². The van der Waals surface area contributed by atoms with Crippen LogP contribution in [0, 0.1) is 0 Å². The predicted molar refractivity (Wildman–Crippen MR) is 105 cm³/mol. The molecule has 0 aliphatic rings. The Morgan fingerprint density at radius 3 is 2.65 bits per heavy atom. The zero-order valence-corrected chi connectivity index (χ0v) is 16.0. The van der Waals surface area contributed by atoms with Crippen molar-refractivity contribution >= 4 is 28.8 Å².